The molecule has 9 nitrogen and oxygen atoms in total. The van der Waals surface area contributed by atoms with E-state index in [-0.39, 0.29) is 41.7 Å². The fourth-order valence-electron chi connectivity index (χ4n) is 3.56. The van der Waals surface area contributed by atoms with E-state index in [4.69, 9.17) is 9.15 Å². The van der Waals surface area contributed by atoms with Crippen molar-refractivity contribution in [3.8, 4) is 11.5 Å². The SMILES string of the molecule is CCOC(=O)c1cc(CC)c2nc(-c3ccc(NC(=O)N4CC[C@@H](O)C4)cc3F)oc2n1. The fourth-order valence-corrected chi connectivity index (χ4v) is 3.56. The Morgan fingerprint density at radius 2 is 2.12 bits per heavy atom. The molecule has 4 rings (SSSR count). The van der Waals surface area contributed by atoms with Crippen molar-refractivity contribution in [2.45, 2.75) is 32.8 Å². The second kappa shape index (κ2) is 8.91. The number of ether oxygens (including phenoxy) is 1. The van der Waals surface area contributed by atoms with Crippen LogP contribution in [-0.2, 0) is 11.2 Å². The summed E-state index contributed by atoms with van der Waals surface area (Å²) in [5.41, 5.74) is 1.75. The van der Waals surface area contributed by atoms with Crippen molar-refractivity contribution in [1.82, 2.24) is 14.9 Å². The number of nitrogens with one attached hydrogen (secondary N) is 1. The maximum absolute atomic E-state index is 14.8. The molecule has 1 saturated heterocycles. The summed E-state index contributed by atoms with van der Waals surface area (Å²) in [6.07, 6.45) is 0.546. The van der Waals surface area contributed by atoms with Gasteiger partial charge in [0.05, 0.1) is 18.3 Å². The minimum Gasteiger partial charge on any atom is -0.461 e. The second-order valence-corrected chi connectivity index (χ2v) is 7.43. The minimum atomic E-state index is -0.639. The van der Waals surface area contributed by atoms with Crippen molar-refractivity contribution in [3.63, 3.8) is 0 Å². The Kier molecular flexibility index (Phi) is 6.04. The van der Waals surface area contributed by atoms with Gasteiger partial charge in [-0.15, -0.1) is 0 Å². The summed E-state index contributed by atoms with van der Waals surface area (Å²) in [4.78, 5) is 34.3. The minimum absolute atomic E-state index is 0.0150. The third kappa shape index (κ3) is 4.26. The number of anilines is 1. The number of nitrogens with zero attached hydrogens (tertiary/aromatic N) is 3. The van der Waals surface area contributed by atoms with Crippen LogP contribution in [-0.4, -0.2) is 57.8 Å². The summed E-state index contributed by atoms with van der Waals surface area (Å²) in [6.45, 7) is 4.50. The van der Waals surface area contributed by atoms with Crippen LogP contribution in [0.1, 0.15) is 36.3 Å². The molecule has 2 amide bonds. The molecule has 0 radical (unpaired) electrons. The molecule has 1 aliphatic heterocycles. The molecule has 1 fully saturated rings. The molecular weight excluding hydrogens is 419 g/mol. The quantitative estimate of drug-likeness (QED) is 0.582. The van der Waals surface area contributed by atoms with Crippen LogP contribution < -0.4 is 5.32 Å². The molecule has 0 saturated carbocycles. The number of aromatic nitrogens is 2. The number of carbonyl (C=O) groups is 2. The van der Waals surface area contributed by atoms with E-state index in [1.807, 2.05) is 6.92 Å². The first-order valence-electron chi connectivity index (χ1n) is 10.4. The summed E-state index contributed by atoms with van der Waals surface area (Å²) in [5, 5.41) is 12.2. The Balaban J connectivity index is 1.61. The summed E-state index contributed by atoms with van der Waals surface area (Å²) in [5.74, 6) is -1.19. The Morgan fingerprint density at radius 1 is 1.31 bits per heavy atom. The summed E-state index contributed by atoms with van der Waals surface area (Å²) in [7, 11) is 0. The maximum Gasteiger partial charge on any atom is 0.357 e. The van der Waals surface area contributed by atoms with Gasteiger partial charge in [0.2, 0.25) is 11.6 Å². The Hall–Kier alpha value is -3.53. The van der Waals surface area contributed by atoms with Crippen molar-refractivity contribution >= 4 is 28.9 Å². The Labute approximate surface area is 183 Å². The van der Waals surface area contributed by atoms with Crippen molar-refractivity contribution in [2.75, 3.05) is 25.0 Å². The second-order valence-electron chi connectivity index (χ2n) is 7.43. The molecule has 32 heavy (non-hydrogen) atoms. The van der Waals surface area contributed by atoms with E-state index < -0.39 is 23.9 Å². The first-order valence-corrected chi connectivity index (χ1v) is 10.4. The van der Waals surface area contributed by atoms with Gasteiger partial charge in [-0.05, 0) is 49.6 Å². The lowest BCUT2D eigenvalue weighted by Crippen LogP contribution is -2.33. The molecule has 1 atom stereocenters. The normalized spacial score (nSPS) is 15.9. The van der Waals surface area contributed by atoms with Gasteiger partial charge in [-0.1, -0.05) is 6.92 Å². The van der Waals surface area contributed by atoms with E-state index >= 15 is 0 Å². The first-order chi connectivity index (χ1) is 15.4. The molecule has 0 bridgehead atoms. The van der Waals surface area contributed by atoms with Gasteiger partial charge in [0.25, 0.3) is 0 Å². The molecular formula is C22H23FN4O5. The van der Waals surface area contributed by atoms with Crippen molar-refractivity contribution in [2.24, 2.45) is 0 Å². The third-order valence-corrected chi connectivity index (χ3v) is 5.21. The van der Waals surface area contributed by atoms with Crippen LogP contribution in [0.3, 0.4) is 0 Å². The molecule has 168 valence electrons. The zero-order valence-corrected chi connectivity index (χ0v) is 17.7. The van der Waals surface area contributed by atoms with Gasteiger partial charge in [0.1, 0.15) is 11.3 Å². The van der Waals surface area contributed by atoms with Crippen LogP contribution in [0, 0.1) is 5.82 Å². The molecule has 2 aromatic heterocycles. The summed E-state index contributed by atoms with van der Waals surface area (Å²) < 4.78 is 25.5. The average molecular weight is 442 g/mol. The van der Waals surface area contributed by atoms with Gasteiger partial charge in [-0.2, -0.15) is 0 Å². The first kappa shape index (κ1) is 21.7. The van der Waals surface area contributed by atoms with Crippen molar-refractivity contribution in [3.05, 3.63) is 41.3 Å². The van der Waals surface area contributed by atoms with E-state index in [1.165, 1.54) is 23.1 Å². The van der Waals surface area contributed by atoms with E-state index in [9.17, 15) is 19.1 Å². The standard InChI is InChI=1S/C22H23FN4O5/c1-3-12-9-17(21(29)31-4-2)25-20-18(12)26-19(32-20)15-6-5-13(10-16(15)23)24-22(30)27-8-7-14(28)11-27/h5-6,9-10,14,28H,3-4,7-8,11H2,1-2H3,(H,24,30)/t14-/m1/s1. The lowest BCUT2D eigenvalue weighted by molar-refractivity contribution is 0.0519. The molecule has 2 N–H and O–H groups in total. The molecule has 0 spiro atoms. The zero-order chi connectivity index (χ0) is 22.8. The number of esters is 1. The number of oxazole rings is 1. The van der Waals surface area contributed by atoms with Gasteiger partial charge in [-0.3, -0.25) is 0 Å². The highest BCUT2D eigenvalue weighted by molar-refractivity contribution is 5.91. The van der Waals surface area contributed by atoms with Crippen LogP contribution in [0.25, 0.3) is 22.7 Å². The highest BCUT2D eigenvalue weighted by atomic mass is 19.1. The largest absolute Gasteiger partial charge is 0.461 e. The van der Waals surface area contributed by atoms with E-state index in [0.717, 1.165) is 5.56 Å². The monoisotopic (exact) mass is 442 g/mol. The number of fused-ring (bicyclic) bond motifs is 1. The van der Waals surface area contributed by atoms with Gasteiger partial charge < -0.3 is 24.5 Å². The highest BCUT2D eigenvalue weighted by Crippen LogP contribution is 2.29. The number of aliphatic hydroxyl groups excluding tert-OH is 1. The number of halogens is 1. The number of benzene rings is 1. The number of pyridine rings is 1. The zero-order valence-electron chi connectivity index (χ0n) is 17.7. The number of hydrogen-bond acceptors (Lipinski definition) is 7. The number of likely N-dealkylation sites (tertiary alicyclic amines) is 1. The number of β-amino-alcohol motifs (C(OH)–C–C–N with tert-alkyl or cyclic N) is 1. The number of hydrogen-bond donors (Lipinski definition) is 2. The average Bonchev–Trinajstić information content (AvgIpc) is 3.39. The van der Waals surface area contributed by atoms with Crippen LogP contribution in [0.5, 0.6) is 0 Å². The molecule has 10 heteroatoms. The smallest absolute Gasteiger partial charge is 0.357 e. The fraction of sp³-hybridized carbons (Fsp3) is 0.364. The van der Waals surface area contributed by atoms with Crippen LogP contribution >= 0.6 is 0 Å². The maximum atomic E-state index is 14.8. The Morgan fingerprint density at radius 3 is 2.78 bits per heavy atom. The van der Waals surface area contributed by atoms with Gasteiger partial charge in [0, 0.05) is 18.8 Å². The number of aliphatic hydroxyl groups is 1. The number of carbonyl (C=O) groups excluding carboxylic acids is 2. The molecule has 0 unspecified atom stereocenters. The molecule has 0 aliphatic carbocycles. The summed E-state index contributed by atoms with van der Waals surface area (Å²) in [6, 6.07) is 5.35. The van der Waals surface area contributed by atoms with E-state index in [1.54, 1.807) is 13.0 Å². The number of urea groups is 1. The topological polar surface area (TPSA) is 118 Å². The molecule has 1 aromatic carbocycles. The van der Waals surface area contributed by atoms with Crippen LogP contribution in [0.4, 0.5) is 14.9 Å². The van der Waals surface area contributed by atoms with Gasteiger partial charge >= 0.3 is 12.0 Å². The summed E-state index contributed by atoms with van der Waals surface area (Å²) >= 11 is 0. The predicted octanol–water partition coefficient (Wildman–Crippen LogP) is 3.37. The lowest BCUT2D eigenvalue weighted by Gasteiger charge is -2.16. The third-order valence-electron chi connectivity index (χ3n) is 5.21. The van der Waals surface area contributed by atoms with Crippen LogP contribution in [0.2, 0.25) is 0 Å². The van der Waals surface area contributed by atoms with Gasteiger partial charge in [-0.25, -0.2) is 23.9 Å². The van der Waals surface area contributed by atoms with E-state index in [2.05, 4.69) is 15.3 Å². The number of amides is 2. The number of rotatable bonds is 5. The Bertz CT molecular complexity index is 1180. The molecule has 3 aromatic rings. The van der Waals surface area contributed by atoms with Gasteiger partial charge in [0.15, 0.2) is 5.69 Å². The van der Waals surface area contributed by atoms with Crippen LogP contribution in [0.15, 0.2) is 28.7 Å². The number of aryl methyl sites for hydroxylation is 1. The predicted molar refractivity (Wildman–Crippen MR) is 114 cm³/mol. The van der Waals surface area contributed by atoms with Crippen molar-refractivity contribution < 1.29 is 28.2 Å². The highest BCUT2D eigenvalue weighted by Gasteiger charge is 2.25. The lowest BCUT2D eigenvalue weighted by atomic mass is 10.1. The van der Waals surface area contributed by atoms with Crippen molar-refractivity contribution in [1.29, 1.82) is 0 Å². The van der Waals surface area contributed by atoms with E-state index in [0.29, 0.717) is 24.9 Å². The molecule has 3 heterocycles. The molecule has 1 aliphatic rings.